The molecule has 2 rings (SSSR count). The van der Waals surface area contributed by atoms with E-state index in [0.717, 1.165) is 12.1 Å². The number of hydrogen-bond acceptors (Lipinski definition) is 2. The number of rotatable bonds is 3. The van der Waals surface area contributed by atoms with Crippen LogP contribution < -0.4 is 11.1 Å². The van der Waals surface area contributed by atoms with Crippen LogP contribution in [-0.4, -0.2) is 12.5 Å². The molecule has 0 spiro atoms. The lowest BCUT2D eigenvalue weighted by atomic mass is 10.1. The predicted octanol–water partition coefficient (Wildman–Crippen LogP) is 3.04. The van der Waals surface area contributed by atoms with Gasteiger partial charge in [-0.15, -0.1) is 0 Å². The van der Waals surface area contributed by atoms with Gasteiger partial charge in [-0.3, -0.25) is 4.79 Å². The summed E-state index contributed by atoms with van der Waals surface area (Å²) >= 11 is 5.63. The molecule has 19 heavy (non-hydrogen) atoms. The van der Waals surface area contributed by atoms with Crippen molar-refractivity contribution < 1.29 is 18.0 Å². The maximum atomic E-state index is 12.6. The van der Waals surface area contributed by atoms with Gasteiger partial charge in [0.2, 0.25) is 5.91 Å². The molecule has 1 amide bonds. The van der Waals surface area contributed by atoms with Crippen LogP contribution >= 0.6 is 11.6 Å². The van der Waals surface area contributed by atoms with Gasteiger partial charge in [0, 0.05) is 17.3 Å². The van der Waals surface area contributed by atoms with Gasteiger partial charge in [-0.25, -0.2) is 0 Å². The number of benzene rings is 1. The van der Waals surface area contributed by atoms with Crippen molar-refractivity contribution in [2.45, 2.75) is 19.0 Å². The lowest BCUT2D eigenvalue weighted by Gasteiger charge is -2.14. The van der Waals surface area contributed by atoms with Crippen LogP contribution in [0.5, 0.6) is 0 Å². The van der Waals surface area contributed by atoms with Crippen molar-refractivity contribution in [2.75, 3.05) is 11.9 Å². The molecule has 3 nitrogen and oxygen atoms in total. The van der Waals surface area contributed by atoms with Gasteiger partial charge in [-0.2, -0.15) is 13.2 Å². The standard InChI is InChI=1S/C12H12ClF3N2O/c13-8-3-7(12(14,15)16)4-9(5-8)18-10(19)11(6-17)1-2-11/h3-5H,1-2,6,17H2,(H,18,19). The number of hydrogen-bond donors (Lipinski definition) is 2. The number of nitrogens with one attached hydrogen (secondary N) is 1. The average Bonchev–Trinajstić information content (AvgIpc) is 3.07. The second kappa shape index (κ2) is 4.68. The number of carbonyl (C=O) groups is 1. The minimum absolute atomic E-state index is 0.0320. The van der Waals surface area contributed by atoms with E-state index in [2.05, 4.69) is 5.32 Å². The van der Waals surface area contributed by atoms with E-state index in [1.54, 1.807) is 0 Å². The van der Waals surface area contributed by atoms with E-state index in [0.29, 0.717) is 12.8 Å². The highest BCUT2D eigenvalue weighted by Crippen LogP contribution is 2.45. The molecule has 0 unspecified atom stereocenters. The van der Waals surface area contributed by atoms with Crippen LogP contribution in [0, 0.1) is 5.41 Å². The van der Waals surface area contributed by atoms with Crippen molar-refractivity contribution in [1.82, 2.24) is 0 Å². The molecule has 0 aromatic heterocycles. The fourth-order valence-corrected chi connectivity index (χ4v) is 2.00. The summed E-state index contributed by atoms with van der Waals surface area (Å²) in [7, 11) is 0. The Bertz CT molecular complexity index is 512. The minimum Gasteiger partial charge on any atom is -0.329 e. The average molecular weight is 293 g/mol. The third-order valence-electron chi connectivity index (χ3n) is 3.21. The highest BCUT2D eigenvalue weighted by Gasteiger charge is 2.48. The number of anilines is 1. The van der Waals surface area contributed by atoms with Crippen molar-refractivity contribution in [2.24, 2.45) is 11.1 Å². The van der Waals surface area contributed by atoms with E-state index >= 15 is 0 Å². The lowest BCUT2D eigenvalue weighted by Crippen LogP contribution is -2.30. The zero-order valence-electron chi connectivity index (χ0n) is 9.85. The molecule has 0 radical (unpaired) electrons. The highest BCUT2D eigenvalue weighted by molar-refractivity contribution is 6.31. The molecule has 104 valence electrons. The predicted molar refractivity (Wildman–Crippen MR) is 65.8 cm³/mol. The molecule has 0 bridgehead atoms. The molecule has 1 aromatic carbocycles. The monoisotopic (exact) mass is 292 g/mol. The van der Waals surface area contributed by atoms with Gasteiger partial charge < -0.3 is 11.1 Å². The molecule has 1 aliphatic carbocycles. The first-order chi connectivity index (χ1) is 8.77. The number of alkyl halides is 3. The quantitative estimate of drug-likeness (QED) is 0.899. The van der Waals surface area contributed by atoms with E-state index in [1.165, 1.54) is 6.07 Å². The highest BCUT2D eigenvalue weighted by atomic mass is 35.5. The van der Waals surface area contributed by atoms with Crippen LogP contribution in [-0.2, 0) is 11.0 Å². The van der Waals surface area contributed by atoms with Gasteiger partial charge >= 0.3 is 6.18 Å². The third kappa shape index (κ3) is 3.01. The van der Waals surface area contributed by atoms with E-state index in [4.69, 9.17) is 17.3 Å². The Labute approximate surface area is 112 Å². The van der Waals surface area contributed by atoms with Gasteiger partial charge in [0.25, 0.3) is 0 Å². The van der Waals surface area contributed by atoms with Gasteiger partial charge in [0.05, 0.1) is 11.0 Å². The van der Waals surface area contributed by atoms with Gasteiger partial charge in [0.15, 0.2) is 0 Å². The molecule has 7 heteroatoms. The van der Waals surface area contributed by atoms with Crippen molar-refractivity contribution in [1.29, 1.82) is 0 Å². The molecule has 0 heterocycles. The van der Waals surface area contributed by atoms with E-state index in [-0.39, 0.29) is 23.2 Å². The molecule has 0 atom stereocenters. The van der Waals surface area contributed by atoms with Gasteiger partial charge in [0.1, 0.15) is 0 Å². The summed E-state index contributed by atoms with van der Waals surface area (Å²) in [6.07, 6.45) is -3.19. The van der Waals surface area contributed by atoms with Crippen LogP contribution in [0.25, 0.3) is 0 Å². The molecule has 3 N–H and O–H groups in total. The number of nitrogens with two attached hydrogens (primary N) is 1. The Morgan fingerprint density at radius 2 is 2.00 bits per heavy atom. The molecule has 1 fully saturated rings. The lowest BCUT2D eigenvalue weighted by molar-refractivity contribution is -0.137. The molecular weight excluding hydrogens is 281 g/mol. The normalized spacial score (nSPS) is 17.1. The fourth-order valence-electron chi connectivity index (χ4n) is 1.76. The van der Waals surface area contributed by atoms with Crippen LogP contribution in [0.2, 0.25) is 5.02 Å². The smallest absolute Gasteiger partial charge is 0.329 e. The summed E-state index contributed by atoms with van der Waals surface area (Å²) in [5, 5.41) is 2.36. The van der Waals surface area contributed by atoms with Crippen molar-refractivity contribution in [3.8, 4) is 0 Å². The third-order valence-corrected chi connectivity index (χ3v) is 3.43. The summed E-state index contributed by atoms with van der Waals surface area (Å²) in [5.74, 6) is -0.356. The SMILES string of the molecule is NCC1(C(=O)Nc2cc(Cl)cc(C(F)(F)F)c2)CC1. The van der Waals surface area contributed by atoms with Crippen molar-refractivity contribution in [3.05, 3.63) is 28.8 Å². The van der Waals surface area contributed by atoms with Crippen molar-refractivity contribution in [3.63, 3.8) is 0 Å². The second-order valence-corrected chi connectivity index (χ2v) is 5.10. The molecule has 1 aliphatic rings. The Hall–Kier alpha value is -1.27. The minimum atomic E-state index is -4.50. The Kier molecular flexibility index (Phi) is 3.49. The maximum Gasteiger partial charge on any atom is 0.416 e. The maximum absolute atomic E-state index is 12.6. The molecule has 1 aromatic rings. The molecule has 0 aliphatic heterocycles. The van der Waals surface area contributed by atoms with Crippen LogP contribution in [0.1, 0.15) is 18.4 Å². The van der Waals surface area contributed by atoms with E-state index < -0.39 is 17.2 Å². The van der Waals surface area contributed by atoms with E-state index in [9.17, 15) is 18.0 Å². The van der Waals surface area contributed by atoms with Gasteiger partial charge in [-0.1, -0.05) is 11.6 Å². The number of carbonyl (C=O) groups excluding carboxylic acids is 1. The fraction of sp³-hybridized carbons (Fsp3) is 0.417. The Morgan fingerprint density at radius 1 is 1.37 bits per heavy atom. The molecular formula is C12H12ClF3N2O. The summed E-state index contributed by atoms with van der Waals surface area (Å²) < 4.78 is 37.8. The van der Waals surface area contributed by atoms with Crippen LogP contribution in [0.15, 0.2) is 18.2 Å². The summed E-state index contributed by atoms with van der Waals surface area (Å²) in [4.78, 5) is 11.9. The number of amides is 1. The summed E-state index contributed by atoms with van der Waals surface area (Å²) in [6.45, 7) is 0.186. The van der Waals surface area contributed by atoms with Crippen LogP contribution in [0.3, 0.4) is 0 Å². The topological polar surface area (TPSA) is 55.1 Å². The van der Waals surface area contributed by atoms with Gasteiger partial charge in [-0.05, 0) is 31.0 Å². The Morgan fingerprint density at radius 3 is 2.47 bits per heavy atom. The second-order valence-electron chi connectivity index (χ2n) is 4.66. The summed E-state index contributed by atoms with van der Waals surface area (Å²) in [5.41, 5.74) is 4.00. The Balaban J connectivity index is 2.21. The first kappa shape index (κ1) is 14.1. The first-order valence-electron chi connectivity index (χ1n) is 5.66. The molecule has 0 saturated heterocycles. The van der Waals surface area contributed by atoms with Crippen molar-refractivity contribution >= 4 is 23.2 Å². The molecule has 1 saturated carbocycles. The number of halogens is 4. The largest absolute Gasteiger partial charge is 0.416 e. The van der Waals surface area contributed by atoms with Crippen LogP contribution in [0.4, 0.5) is 18.9 Å². The zero-order chi connectivity index (χ0) is 14.3. The van der Waals surface area contributed by atoms with E-state index in [1.807, 2.05) is 0 Å². The zero-order valence-corrected chi connectivity index (χ0v) is 10.6. The first-order valence-corrected chi connectivity index (χ1v) is 6.04. The summed E-state index contributed by atoms with van der Waals surface area (Å²) in [6, 6.07) is 2.95.